The molecule has 172 valence electrons. The molecule has 11 heteroatoms. The molecule has 1 atom stereocenters. The van der Waals surface area contributed by atoms with Gasteiger partial charge in [0.1, 0.15) is 11.6 Å². The average molecular weight is 470 g/mol. The van der Waals surface area contributed by atoms with Gasteiger partial charge in [-0.3, -0.25) is 9.59 Å². The van der Waals surface area contributed by atoms with Gasteiger partial charge in [0.25, 0.3) is 0 Å². The standard InChI is InChI=1S/C21H22F4N4O2S/c1-14(32-13-19(30)27-17-5-3-16(22)4-6-17)20(31)29-10-8-28(9-11-29)18-7-2-15(12-26-18)21(23,24)25/h2-7,12,14H,8-11,13H2,1H3,(H,27,30). The van der Waals surface area contributed by atoms with Crippen molar-refractivity contribution in [2.24, 2.45) is 0 Å². The molecule has 6 nitrogen and oxygen atoms in total. The van der Waals surface area contributed by atoms with Crippen LogP contribution in [0, 0.1) is 5.82 Å². The topological polar surface area (TPSA) is 65.5 Å². The van der Waals surface area contributed by atoms with E-state index < -0.39 is 22.8 Å². The lowest BCUT2D eigenvalue weighted by Gasteiger charge is -2.36. The smallest absolute Gasteiger partial charge is 0.353 e. The predicted molar refractivity (Wildman–Crippen MR) is 115 cm³/mol. The summed E-state index contributed by atoms with van der Waals surface area (Å²) in [6, 6.07) is 7.73. The lowest BCUT2D eigenvalue weighted by molar-refractivity contribution is -0.138. The van der Waals surface area contributed by atoms with Crippen molar-refractivity contribution in [2.45, 2.75) is 18.3 Å². The number of carbonyl (C=O) groups excluding carboxylic acids is 2. The molecule has 1 N–H and O–H groups in total. The minimum absolute atomic E-state index is 0.0692. The molecule has 3 rings (SSSR count). The summed E-state index contributed by atoms with van der Waals surface area (Å²) >= 11 is 1.20. The van der Waals surface area contributed by atoms with Crippen LogP contribution < -0.4 is 10.2 Å². The molecule has 0 bridgehead atoms. The third kappa shape index (κ3) is 6.35. The minimum Gasteiger partial charge on any atom is -0.353 e. The highest BCUT2D eigenvalue weighted by Gasteiger charge is 2.31. The molecule has 0 spiro atoms. The highest BCUT2D eigenvalue weighted by atomic mass is 32.2. The van der Waals surface area contributed by atoms with E-state index in [4.69, 9.17) is 0 Å². The van der Waals surface area contributed by atoms with Crippen molar-refractivity contribution in [1.82, 2.24) is 9.88 Å². The van der Waals surface area contributed by atoms with Crippen molar-refractivity contribution in [3.8, 4) is 0 Å². The molecule has 2 amide bonds. The van der Waals surface area contributed by atoms with Gasteiger partial charge in [0.05, 0.1) is 16.6 Å². The molecule has 1 aromatic carbocycles. The maximum absolute atomic E-state index is 12.9. The van der Waals surface area contributed by atoms with Crippen LogP contribution in [-0.2, 0) is 15.8 Å². The van der Waals surface area contributed by atoms with Crippen LogP contribution in [0.2, 0.25) is 0 Å². The Morgan fingerprint density at radius 2 is 1.75 bits per heavy atom. The first-order chi connectivity index (χ1) is 15.1. The molecule has 2 heterocycles. The maximum atomic E-state index is 12.9. The third-order valence-electron chi connectivity index (χ3n) is 4.93. The van der Waals surface area contributed by atoms with Crippen molar-refractivity contribution < 1.29 is 27.2 Å². The van der Waals surface area contributed by atoms with Gasteiger partial charge >= 0.3 is 6.18 Å². The fourth-order valence-electron chi connectivity index (χ4n) is 3.16. The Kier molecular flexibility index (Phi) is 7.60. The molecule has 32 heavy (non-hydrogen) atoms. The summed E-state index contributed by atoms with van der Waals surface area (Å²) in [4.78, 5) is 32.1. The molecule has 2 aromatic rings. The van der Waals surface area contributed by atoms with Gasteiger partial charge in [-0.1, -0.05) is 0 Å². The molecule has 1 aliphatic heterocycles. The van der Waals surface area contributed by atoms with Gasteiger partial charge in [-0.15, -0.1) is 11.8 Å². The van der Waals surface area contributed by atoms with Crippen LogP contribution in [0.3, 0.4) is 0 Å². The Morgan fingerprint density at radius 1 is 1.09 bits per heavy atom. The van der Waals surface area contributed by atoms with Gasteiger partial charge in [-0.25, -0.2) is 9.37 Å². The van der Waals surface area contributed by atoms with E-state index in [9.17, 15) is 27.2 Å². The summed E-state index contributed by atoms with van der Waals surface area (Å²) in [6.45, 7) is 3.45. The molecule has 1 saturated heterocycles. The number of thioether (sulfide) groups is 1. The van der Waals surface area contributed by atoms with Crippen LogP contribution >= 0.6 is 11.8 Å². The Balaban J connectivity index is 1.44. The molecule has 1 fully saturated rings. The molecule has 1 aromatic heterocycles. The summed E-state index contributed by atoms with van der Waals surface area (Å²) in [5.41, 5.74) is -0.326. The average Bonchev–Trinajstić information content (AvgIpc) is 2.78. The highest BCUT2D eigenvalue weighted by Crippen LogP contribution is 2.29. The quantitative estimate of drug-likeness (QED) is 0.653. The van der Waals surface area contributed by atoms with Crippen LogP contribution in [0.4, 0.5) is 29.1 Å². The largest absolute Gasteiger partial charge is 0.417 e. The van der Waals surface area contributed by atoms with Gasteiger partial charge in [0.2, 0.25) is 11.8 Å². The van der Waals surface area contributed by atoms with E-state index in [0.29, 0.717) is 37.7 Å². The van der Waals surface area contributed by atoms with Crippen LogP contribution in [-0.4, -0.2) is 58.9 Å². The van der Waals surface area contributed by atoms with E-state index in [1.54, 1.807) is 11.8 Å². The summed E-state index contributed by atoms with van der Waals surface area (Å²) in [5.74, 6) is -0.292. The molecular weight excluding hydrogens is 448 g/mol. The van der Waals surface area contributed by atoms with E-state index in [-0.39, 0.29) is 17.6 Å². The normalized spacial score (nSPS) is 15.4. The monoisotopic (exact) mass is 470 g/mol. The first-order valence-electron chi connectivity index (χ1n) is 9.87. The van der Waals surface area contributed by atoms with Gasteiger partial charge in [0, 0.05) is 38.1 Å². The lowest BCUT2D eigenvalue weighted by atomic mass is 10.2. The summed E-state index contributed by atoms with van der Waals surface area (Å²) in [7, 11) is 0. The SMILES string of the molecule is CC(SCC(=O)Nc1ccc(F)cc1)C(=O)N1CCN(c2ccc(C(F)(F)F)cn2)CC1. The number of benzene rings is 1. The van der Waals surface area contributed by atoms with Crippen molar-refractivity contribution in [3.05, 3.63) is 54.0 Å². The van der Waals surface area contributed by atoms with Gasteiger partial charge in [-0.05, 0) is 43.3 Å². The second-order valence-corrected chi connectivity index (χ2v) is 8.55. The molecule has 1 aliphatic rings. The lowest BCUT2D eigenvalue weighted by Crippen LogP contribution is -2.51. The minimum atomic E-state index is -4.43. The van der Waals surface area contributed by atoms with Gasteiger partial charge < -0.3 is 15.1 Å². The van der Waals surface area contributed by atoms with Crippen molar-refractivity contribution in [1.29, 1.82) is 0 Å². The van der Waals surface area contributed by atoms with E-state index in [0.717, 1.165) is 12.3 Å². The van der Waals surface area contributed by atoms with Crippen LogP contribution in [0.5, 0.6) is 0 Å². The third-order valence-corrected chi connectivity index (χ3v) is 6.06. The number of halogens is 4. The van der Waals surface area contributed by atoms with Crippen molar-refractivity contribution in [3.63, 3.8) is 0 Å². The van der Waals surface area contributed by atoms with E-state index in [1.165, 1.54) is 42.1 Å². The number of amides is 2. The fourth-order valence-corrected chi connectivity index (χ4v) is 3.92. The molecule has 0 aliphatic carbocycles. The predicted octanol–water partition coefficient (Wildman–Crippen LogP) is 3.65. The van der Waals surface area contributed by atoms with E-state index >= 15 is 0 Å². The number of rotatable bonds is 6. The number of pyridine rings is 1. The number of aromatic nitrogens is 1. The zero-order valence-electron chi connectivity index (χ0n) is 17.2. The van der Waals surface area contributed by atoms with E-state index in [1.807, 2.05) is 4.90 Å². The highest BCUT2D eigenvalue weighted by molar-refractivity contribution is 8.01. The Bertz CT molecular complexity index is 930. The first-order valence-corrected chi connectivity index (χ1v) is 10.9. The Hall–Kier alpha value is -2.82. The Morgan fingerprint density at radius 3 is 2.31 bits per heavy atom. The zero-order chi connectivity index (χ0) is 23.3. The second kappa shape index (κ2) is 10.2. The van der Waals surface area contributed by atoms with Gasteiger partial charge in [0.15, 0.2) is 0 Å². The number of hydrogen-bond acceptors (Lipinski definition) is 5. The number of carbonyl (C=O) groups is 2. The summed E-state index contributed by atoms with van der Waals surface area (Å²) in [6.07, 6.45) is -3.62. The van der Waals surface area contributed by atoms with Crippen LogP contribution in [0.25, 0.3) is 0 Å². The summed E-state index contributed by atoms with van der Waals surface area (Å²) < 4.78 is 50.9. The van der Waals surface area contributed by atoms with Crippen LogP contribution in [0.15, 0.2) is 42.6 Å². The molecule has 0 saturated carbocycles. The molecule has 0 radical (unpaired) electrons. The first kappa shape index (κ1) is 23.8. The molecular formula is C21H22F4N4O2S. The zero-order valence-corrected chi connectivity index (χ0v) is 18.0. The fraction of sp³-hybridized carbons (Fsp3) is 0.381. The number of anilines is 2. The maximum Gasteiger partial charge on any atom is 0.417 e. The molecule has 1 unspecified atom stereocenters. The van der Waals surface area contributed by atoms with E-state index in [2.05, 4.69) is 10.3 Å². The second-order valence-electron chi connectivity index (χ2n) is 7.22. The number of nitrogens with one attached hydrogen (secondary N) is 1. The number of nitrogens with zero attached hydrogens (tertiary/aromatic N) is 3. The van der Waals surface area contributed by atoms with Crippen molar-refractivity contribution >= 4 is 35.1 Å². The Labute approximate surface area is 187 Å². The number of hydrogen-bond donors (Lipinski definition) is 1. The van der Waals surface area contributed by atoms with Crippen molar-refractivity contribution in [2.75, 3.05) is 42.1 Å². The number of piperazine rings is 1. The van der Waals surface area contributed by atoms with Crippen LogP contribution in [0.1, 0.15) is 12.5 Å². The number of alkyl halides is 3. The van der Waals surface area contributed by atoms with Gasteiger partial charge in [-0.2, -0.15) is 13.2 Å². The summed E-state index contributed by atoms with van der Waals surface area (Å²) in [5, 5.41) is 2.20.